The van der Waals surface area contributed by atoms with Crippen molar-refractivity contribution in [2.24, 2.45) is 5.92 Å². The zero-order valence-corrected chi connectivity index (χ0v) is 13.7. The van der Waals surface area contributed by atoms with E-state index in [2.05, 4.69) is 30.7 Å². The molecule has 23 heavy (non-hydrogen) atoms. The van der Waals surface area contributed by atoms with Gasteiger partial charge in [0.25, 0.3) is 5.91 Å². The Bertz CT molecular complexity index is 648. The molecule has 0 aliphatic carbocycles. The number of aromatic nitrogens is 2. The Kier molecular flexibility index (Phi) is 5.97. The second-order valence-electron chi connectivity index (χ2n) is 5.73. The molecular weight excluding hydrogens is 290 g/mol. The lowest BCUT2D eigenvalue weighted by atomic mass is 10.1. The van der Waals surface area contributed by atoms with Gasteiger partial charge < -0.3 is 14.6 Å². The van der Waals surface area contributed by atoms with E-state index in [1.165, 1.54) is 0 Å². The smallest absolute Gasteiger partial charge is 0.257 e. The molecule has 0 radical (unpaired) electrons. The van der Waals surface area contributed by atoms with Gasteiger partial charge in [0.05, 0.1) is 12.0 Å². The van der Waals surface area contributed by atoms with Crippen LogP contribution >= 0.6 is 0 Å². The Morgan fingerprint density at radius 1 is 1.39 bits per heavy atom. The molecule has 122 valence electrons. The number of imidazole rings is 1. The minimum atomic E-state index is -0.117. The molecule has 0 atom stereocenters. The van der Waals surface area contributed by atoms with Crippen LogP contribution in [-0.2, 0) is 4.79 Å². The number of carbonyl (C=O) groups is 1. The topological polar surface area (TPSA) is 56.1 Å². The van der Waals surface area contributed by atoms with Crippen molar-refractivity contribution in [1.82, 2.24) is 14.9 Å². The van der Waals surface area contributed by atoms with Gasteiger partial charge >= 0.3 is 0 Å². The van der Waals surface area contributed by atoms with E-state index in [-0.39, 0.29) is 12.5 Å². The quantitative estimate of drug-likeness (QED) is 0.815. The Hall–Kier alpha value is -2.56. The van der Waals surface area contributed by atoms with Crippen LogP contribution in [0.1, 0.15) is 25.8 Å². The third kappa shape index (κ3) is 4.98. The molecular formula is C18H23N3O2. The van der Waals surface area contributed by atoms with Gasteiger partial charge in [-0.25, -0.2) is 4.98 Å². The standard InChI is InChI=1S/C18H23N3O2/c1-14(2)8-9-20-18(22)12-23-17-7-5-4-6-16(17)15(3)21-11-10-19-13-21/h4-7,10-11,13-14H,3,8-9,12H2,1-2H3,(H,20,22). The lowest BCUT2D eigenvalue weighted by Crippen LogP contribution is -2.30. The van der Waals surface area contributed by atoms with Crippen LogP contribution < -0.4 is 10.1 Å². The van der Waals surface area contributed by atoms with Gasteiger partial charge in [-0.05, 0) is 24.5 Å². The first-order valence-corrected chi connectivity index (χ1v) is 7.74. The summed E-state index contributed by atoms with van der Waals surface area (Å²) in [6.07, 6.45) is 6.14. The molecule has 0 unspecified atom stereocenters. The van der Waals surface area contributed by atoms with Crippen LogP contribution in [0.25, 0.3) is 5.70 Å². The average molecular weight is 313 g/mol. The minimum Gasteiger partial charge on any atom is -0.483 e. The van der Waals surface area contributed by atoms with Crippen LogP contribution in [0.3, 0.4) is 0 Å². The highest BCUT2D eigenvalue weighted by Gasteiger charge is 2.10. The molecule has 1 N–H and O–H groups in total. The summed E-state index contributed by atoms with van der Waals surface area (Å²) in [6, 6.07) is 7.52. The first kappa shape index (κ1) is 16.8. The van der Waals surface area contributed by atoms with Crippen molar-refractivity contribution >= 4 is 11.6 Å². The largest absolute Gasteiger partial charge is 0.483 e. The summed E-state index contributed by atoms with van der Waals surface area (Å²) in [6.45, 7) is 8.98. The number of hydrogen-bond acceptors (Lipinski definition) is 3. The average Bonchev–Trinajstić information content (AvgIpc) is 3.06. The molecule has 0 fully saturated rings. The van der Waals surface area contributed by atoms with Gasteiger partial charge in [0.1, 0.15) is 5.75 Å². The van der Waals surface area contributed by atoms with E-state index in [4.69, 9.17) is 4.74 Å². The number of benzene rings is 1. The number of nitrogens with one attached hydrogen (secondary N) is 1. The Balaban J connectivity index is 1.96. The van der Waals surface area contributed by atoms with Crippen molar-refractivity contribution in [2.45, 2.75) is 20.3 Å². The van der Waals surface area contributed by atoms with Crippen molar-refractivity contribution < 1.29 is 9.53 Å². The maximum Gasteiger partial charge on any atom is 0.257 e. The lowest BCUT2D eigenvalue weighted by Gasteiger charge is -2.14. The maximum atomic E-state index is 11.8. The van der Waals surface area contributed by atoms with Crippen LogP contribution in [0.4, 0.5) is 0 Å². The van der Waals surface area contributed by atoms with Crippen molar-refractivity contribution in [3.63, 3.8) is 0 Å². The van der Waals surface area contributed by atoms with E-state index in [0.29, 0.717) is 18.2 Å². The monoisotopic (exact) mass is 313 g/mol. The van der Waals surface area contributed by atoms with Gasteiger partial charge in [-0.15, -0.1) is 0 Å². The molecule has 0 saturated heterocycles. The predicted octanol–water partition coefficient (Wildman–Crippen LogP) is 2.94. The third-order valence-corrected chi connectivity index (χ3v) is 3.42. The molecule has 0 saturated carbocycles. The zero-order valence-electron chi connectivity index (χ0n) is 13.7. The summed E-state index contributed by atoms with van der Waals surface area (Å²) < 4.78 is 7.48. The Morgan fingerprint density at radius 2 is 2.17 bits per heavy atom. The van der Waals surface area contributed by atoms with Gasteiger partial charge in [-0.2, -0.15) is 0 Å². The molecule has 0 aliphatic rings. The predicted molar refractivity (Wildman–Crippen MR) is 91.1 cm³/mol. The fourth-order valence-corrected chi connectivity index (χ4v) is 2.08. The van der Waals surface area contributed by atoms with E-state index in [1.807, 2.05) is 35.0 Å². The second kappa shape index (κ2) is 8.17. The SMILES string of the molecule is C=C(c1ccccc1OCC(=O)NCCC(C)C)n1ccnc1. The molecule has 0 bridgehead atoms. The molecule has 0 aliphatic heterocycles. The normalized spacial score (nSPS) is 10.6. The highest BCUT2D eigenvalue weighted by Crippen LogP contribution is 2.25. The molecule has 0 spiro atoms. The van der Waals surface area contributed by atoms with Gasteiger partial charge in [0, 0.05) is 24.5 Å². The zero-order chi connectivity index (χ0) is 16.7. The maximum absolute atomic E-state index is 11.8. The summed E-state index contributed by atoms with van der Waals surface area (Å²) in [5, 5.41) is 2.86. The summed E-state index contributed by atoms with van der Waals surface area (Å²) in [4.78, 5) is 15.9. The number of para-hydroxylation sites is 1. The van der Waals surface area contributed by atoms with E-state index >= 15 is 0 Å². The van der Waals surface area contributed by atoms with E-state index in [1.54, 1.807) is 12.5 Å². The van der Waals surface area contributed by atoms with Gasteiger partial charge in [0.15, 0.2) is 6.61 Å². The molecule has 1 aromatic carbocycles. The summed E-state index contributed by atoms with van der Waals surface area (Å²) in [5.41, 5.74) is 1.58. The first-order valence-electron chi connectivity index (χ1n) is 7.74. The molecule has 2 aromatic rings. The van der Waals surface area contributed by atoms with Crippen molar-refractivity contribution in [3.8, 4) is 5.75 Å². The molecule has 2 rings (SSSR count). The molecule has 1 aromatic heterocycles. The molecule has 1 amide bonds. The van der Waals surface area contributed by atoms with Gasteiger partial charge in [0.2, 0.25) is 0 Å². The lowest BCUT2D eigenvalue weighted by molar-refractivity contribution is -0.123. The number of nitrogens with zero attached hydrogens (tertiary/aromatic N) is 2. The summed E-state index contributed by atoms with van der Waals surface area (Å²) in [5.74, 6) is 1.08. The Morgan fingerprint density at radius 3 is 2.87 bits per heavy atom. The minimum absolute atomic E-state index is 0.00762. The molecule has 5 nitrogen and oxygen atoms in total. The number of rotatable bonds is 8. The number of carbonyl (C=O) groups excluding carboxylic acids is 1. The van der Waals surface area contributed by atoms with Crippen LogP contribution in [0.15, 0.2) is 49.6 Å². The van der Waals surface area contributed by atoms with Crippen LogP contribution in [0.5, 0.6) is 5.75 Å². The highest BCUT2D eigenvalue weighted by atomic mass is 16.5. The van der Waals surface area contributed by atoms with Crippen molar-refractivity contribution in [3.05, 3.63) is 55.1 Å². The van der Waals surface area contributed by atoms with Crippen LogP contribution in [0.2, 0.25) is 0 Å². The Labute approximate surface area is 137 Å². The summed E-state index contributed by atoms with van der Waals surface area (Å²) >= 11 is 0. The van der Waals surface area contributed by atoms with Crippen molar-refractivity contribution in [1.29, 1.82) is 0 Å². The van der Waals surface area contributed by atoms with Gasteiger partial charge in [-0.3, -0.25) is 4.79 Å². The fourth-order valence-electron chi connectivity index (χ4n) is 2.08. The fraction of sp³-hybridized carbons (Fsp3) is 0.333. The van der Waals surface area contributed by atoms with Crippen LogP contribution in [-0.4, -0.2) is 28.6 Å². The third-order valence-electron chi connectivity index (χ3n) is 3.42. The highest BCUT2D eigenvalue weighted by molar-refractivity contribution is 5.78. The van der Waals surface area contributed by atoms with E-state index < -0.39 is 0 Å². The van der Waals surface area contributed by atoms with Crippen LogP contribution in [0, 0.1) is 5.92 Å². The number of hydrogen-bond donors (Lipinski definition) is 1. The number of amides is 1. The number of ether oxygens (including phenoxy) is 1. The van der Waals surface area contributed by atoms with E-state index in [9.17, 15) is 4.79 Å². The molecule has 5 heteroatoms. The second-order valence-corrected chi connectivity index (χ2v) is 5.73. The van der Waals surface area contributed by atoms with Gasteiger partial charge in [-0.1, -0.05) is 32.6 Å². The first-order chi connectivity index (χ1) is 11.1. The van der Waals surface area contributed by atoms with Crippen molar-refractivity contribution in [2.75, 3.05) is 13.2 Å². The molecule has 1 heterocycles. The summed E-state index contributed by atoms with van der Waals surface area (Å²) in [7, 11) is 0. The van der Waals surface area contributed by atoms with E-state index in [0.717, 1.165) is 17.7 Å².